The number of primary amides is 1. The van der Waals surface area contributed by atoms with Crippen molar-refractivity contribution < 1.29 is 32.7 Å². The van der Waals surface area contributed by atoms with Gasteiger partial charge in [-0.15, -0.1) is 0 Å². The molecule has 2 amide bonds. The molecule has 1 aliphatic heterocycles. The Bertz CT molecular complexity index is 1310. The van der Waals surface area contributed by atoms with Crippen molar-refractivity contribution in [2.24, 2.45) is 17.6 Å². The normalized spacial score (nSPS) is 21.0. The molecule has 2 aromatic carbocycles. The minimum absolute atomic E-state index is 0.0491. The van der Waals surface area contributed by atoms with Gasteiger partial charge >= 0.3 is 12.1 Å². The van der Waals surface area contributed by atoms with Crippen molar-refractivity contribution in [2.45, 2.75) is 37.9 Å². The number of nitrogens with zero attached hydrogens (tertiary/aromatic N) is 2. The van der Waals surface area contributed by atoms with Crippen LogP contribution in [-0.2, 0) is 9.59 Å². The van der Waals surface area contributed by atoms with Gasteiger partial charge in [-0.2, -0.15) is 18.3 Å². The molecule has 0 spiro atoms. The third kappa shape index (κ3) is 5.91. The van der Waals surface area contributed by atoms with E-state index in [2.05, 4.69) is 15.7 Å². The van der Waals surface area contributed by atoms with E-state index in [-0.39, 0.29) is 11.9 Å². The van der Waals surface area contributed by atoms with Gasteiger partial charge in [-0.05, 0) is 61.6 Å². The van der Waals surface area contributed by atoms with Crippen LogP contribution < -0.4 is 16.4 Å². The second-order valence-corrected chi connectivity index (χ2v) is 9.11. The highest BCUT2D eigenvalue weighted by Gasteiger charge is 2.41. The Morgan fingerprint density at radius 1 is 1.08 bits per heavy atom. The Kier molecular flexibility index (Phi) is 7.48. The summed E-state index contributed by atoms with van der Waals surface area (Å²) in [6.07, 6.45) is 1.64. The van der Waals surface area contributed by atoms with Crippen LogP contribution in [0.3, 0.4) is 0 Å². The van der Waals surface area contributed by atoms with Crippen molar-refractivity contribution in [3.63, 3.8) is 0 Å². The minimum Gasteiger partial charge on any atom is -0.475 e. The molecule has 2 aliphatic rings. The molecule has 9 nitrogen and oxygen atoms in total. The van der Waals surface area contributed by atoms with E-state index in [4.69, 9.17) is 15.6 Å². The number of carboxylic acids is 1. The summed E-state index contributed by atoms with van der Waals surface area (Å²) >= 11 is 0. The maximum Gasteiger partial charge on any atom is 0.490 e. The lowest BCUT2D eigenvalue weighted by molar-refractivity contribution is -0.192. The first-order valence-electron chi connectivity index (χ1n) is 11.8. The van der Waals surface area contributed by atoms with Gasteiger partial charge in [-0.1, -0.05) is 25.0 Å². The number of nitrogens with two attached hydrogens (primary N) is 1. The smallest absolute Gasteiger partial charge is 0.475 e. The molecule has 0 bridgehead atoms. The molecule has 12 heteroatoms. The molecule has 37 heavy (non-hydrogen) atoms. The largest absolute Gasteiger partial charge is 0.490 e. The molecule has 2 fully saturated rings. The van der Waals surface area contributed by atoms with Crippen LogP contribution in [0.25, 0.3) is 16.6 Å². The molecule has 1 saturated heterocycles. The number of aromatic nitrogens is 2. The molecular weight excluding hydrogens is 491 g/mol. The fourth-order valence-corrected chi connectivity index (χ4v) is 4.94. The maximum atomic E-state index is 12.8. The maximum absolute atomic E-state index is 12.8. The standard InChI is InChI=1S/C23H25N5O2.C2HF3O2/c24-22(29)19-7-3-5-15-13-28(27-20(15)19)17-10-8-16(9-11-17)26-23(30)21-18-6-2-1-4-14(18)12-25-21;3-2(4,5)1(6)7/h3,5,7-11,13-14,18,21,25H,1-2,4,6,12H2,(H2,24,29)(H,26,30);(H,6,7). The summed E-state index contributed by atoms with van der Waals surface area (Å²) in [4.78, 5) is 33.3. The first kappa shape index (κ1) is 26.1. The van der Waals surface area contributed by atoms with Crippen molar-refractivity contribution in [1.29, 1.82) is 0 Å². The summed E-state index contributed by atoms with van der Waals surface area (Å²) in [6.45, 7) is 0.946. The number of amides is 2. The number of aliphatic carboxylic acids is 1. The van der Waals surface area contributed by atoms with Gasteiger partial charge in [0.05, 0.1) is 17.3 Å². The summed E-state index contributed by atoms with van der Waals surface area (Å²) in [6, 6.07) is 12.8. The third-order valence-corrected chi connectivity index (χ3v) is 6.72. The number of carboxylic acid groups (broad SMARTS) is 1. The molecule has 1 saturated carbocycles. The van der Waals surface area contributed by atoms with Gasteiger partial charge in [0.15, 0.2) is 0 Å². The SMILES string of the molecule is NC(=O)c1cccc2cn(-c3ccc(NC(=O)C4NCC5CCCCC54)cc3)nc12.O=C(O)C(F)(F)F. The van der Waals surface area contributed by atoms with Crippen LogP contribution in [0.2, 0.25) is 0 Å². The predicted octanol–water partition coefficient (Wildman–Crippen LogP) is 3.47. The van der Waals surface area contributed by atoms with Gasteiger partial charge in [0.2, 0.25) is 5.91 Å². The van der Waals surface area contributed by atoms with E-state index in [1.165, 1.54) is 19.3 Å². The van der Waals surface area contributed by atoms with E-state index in [0.29, 0.717) is 22.9 Å². The Labute approximate surface area is 209 Å². The van der Waals surface area contributed by atoms with Crippen LogP contribution in [0.1, 0.15) is 36.0 Å². The zero-order chi connectivity index (χ0) is 26.7. The number of carbonyl (C=O) groups excluding carboxylic acids is 2. The summed E-state index contributed by atoms with van der Waals surface area (Å²) in [5.41, 5.74) is 8.04. The molecule has 196 valence electrons. The second kappa shape index (κ2) is 10.6. The van der Waals surface area contributed by atoms with Crippen LogP contribution in [-0.4, -0.2) is 51.4 Å². The lowest BCUT2D eigenvalue weighted by atomic mass is 9.78. The fourth-order valence-electron chi connectivity index (χ4n) is 4.94. The Balaban J connectivity index is 0.000000405. The van der Waals surface area contributed by atoms with E-state index in [9.17, 15) is 22.8 Å². The van der Waals surface area contributed by atoms with E-state index in [0.717, 1.165) is 29.7 Å². The molecule has 1 aliphatic carbocycles. The number of benzene rings is 2. The molecule has 5 N–H and O–H groups in total. The number of halogens is 3. The average molecular weight is 518 g/mol. The van der Waals surface area contributed by atoms with Gasteiger partial charge in [0.1, 0.15) is 5.52 Å². The van der Waals surface area contributed by atoms with Crippen molar-refractivity contribution in [2.75, 3.05) is 11.9 Å². The van der Waals surface area contributed by atoms with Crippen LogP contribution in [0.5, 0.6) is 0 Å². The fraction of sp³-hybridized carbons (Fsp3) is 0.360. The number of carbonyl (C=O) groups is 3. The van der Waals surface area contributed by atoms with E-state index >= 15 is 0 Å². The Hall–Kier alpha value is -3.93. The average Bonchev–Trinajstić information content (AvgIpc) is 3.48. The number of hydrogen-bond acceptors (Lipinski definition) is 5. The number of fused-ring (bicyclic) bond motifs is 2. The first-order chi connectivity index (χ1) is 17.5. The quantitative estimate of drug-likeness (QED) is 0.418. The molecular formula is C25H26F3N5O4. The summed E-state index contributed by atoms with van der Waals surface area (Å²) in [7, 11) is 0. The molecule has 3 aromatic rings. The number of alkyl halides is 3. The number of rotatable bonds is 4. The molecule has 2 heterocycles. The van der Waals surface area contributed by atoms with Gasteiger partial charge in [0.25, 0.3) is 5.91 Å². The minimum atomic E-state index is -5.08. The van der Waals surface area contributed by atoms with Gasteiger partial charge in [-0.3, -0.25) is 9.59 Å². The van der Waals surface area contributed by atoms with Crippen molar-refractivity contribution in [3.05, 3.63) is 54.2 Å². The van der Waals surface area contributed by atoms with E-state index in [1.54, 1.807) is 16.8 Å². The zero-order valence-corrected chi connectivity index (χ0v) is 19.7. The van der Waals surface area contributed by atoms with Crippen molar-refractivity contribution in [3.8, 4) is 5.69 Å². The monoisotopic (exact) mass is 517 g/mol. The highest BCUT2D eigenvalue weighted by molar-refractivity contribution is 6.04. The van der Waals surface area contributed by atoms with Crippen molar-refractivity contribution >= 4 is 34.4 Å². The van der Waals surface area contributed by atoms with Gasteiger partial charge in [-0.25, -0.2) is 9.48 Å². The summed E-state index contributed by atoms with van der Waals surface area (Å²) in [5.74, 6) is -2.12. The Morgan fingerprint density at radius 2 is 1.76 bits per heavy atom. The van der Waals surface area contributed by atoms with Crippen LogP contribution in [0.15, 0.2) is 48.7 Å². The second-order valence-electron chi connectivity index (χ2n) is 9.11. The number of anilines is 1. The lowest BCUT2D eigenvalue weighted by Crippen LogP contribution is -2.40. The molecule has 1 aromatic heterocycles. The van der Waals surface area contributed by atoms with Gasteiger partial charge < -0.3 is 21.5 Å². The van der Waals surface area contributed by atoms with Crippen LogP contribution >= 0.6 is 0 Å². The third-order valence-electron chi connectivity index (χ3n) is 6.72. The molecule has 3 atom stereocenters. The number of nitrogens with one attached hydrogen (secondary N) is 2. The molecule has 0 radical (unpaired) electrons. The van der Waals surface area contributed by atoms with Crippen LogP contribution in [0.4, 0.5) is 18.9 Å². The lowest BCUT2D eigenvalue weighted by Gasteiger charge is -2.27. The zero-order valence-electron chi connectivity index (χ0n) is 19.7. The topological polar surface area (TPSA) is 139 Å². The van der Waals surface area contributed by atoms with E-state index in [1.807, 2.05) is 36.5 Å². The van der Waals surface area contributed by atoms with Gasteiger partial charge in [0, 0.05) is 17.3 Å². The van der Waals surface area contributed by atoms with E-state index < -0.39 is 18.1 Å². The highest BCUT2D eigenvalue weighted by atomic mass is 19.4. The first-order valence-corrected chi connectivity index (χ1v) is 11.8. The Morgan fingerprint density at radius 3 is 2.41 bits per heavy atom. The molecule has 5 rings (SSSR count). The summed E-state index contributed by atoms with van der Waals surface area (Å²) < 4.78 is 33.5. The molecule has 3 unspecified atom stereocenters. The predicted molar refractivity (Wildman–Crippen MR) is 129 cm³/mol. The highest BCUT2D eigenvalue weighted by Crippen LogP contribution is 2.36. The summed E-state index contributed by atoms with van der Waals surface area (Å²) in [5, 5.41) is 19.0. The number of hydrogen-bond donors (Lipinski definition) is 4. The van der Waals surface area contributed by atoms with Crippen LogP contribution in [0, 0.1) is 11.8 Å². The van der Waals surface area contributed by atoms with Crippen molar-refractivity contribution in [1.82, 2.24) is 15.1 Å².